The summed E-state index contributed by atoms with van der Waals surface area (Å²) in [5.74, 6) is 1.88. The Morgan fingerprint density at radius 2 is 1.84 bits per heavy atom. The SMILES string of the molecule is COc1cc2c(c(OC)c1OC)[C@@H](CO)[C@]13CCCC[C@]1(CCO3)C2. The Balaban J connectivity index is 1.97. The van der Waals surface area contributed by atoms with E-state index in [9.17, 15) is 5.11 Å². The number of benzene rings is 1. The first-order valence-electron chi connectivity index (χ1n) is 9.23. The lowest BCUT2D eigenvalue weighted by Crippen LogP contribution is -2.56. The molecule has 2 aliphatic carbocycles. The van der Waals surface area contributed by atoms with Gasteiger partial charge in [0.1, 0.15) is 0 Å². The number of hydrogen-bond acceptors (Lipinski definition) is 5. The summed E-state index contributed by atoms with van der Waals surface area (Å²) in [5.41, 5.74) is 2.09. The molecule has 0 aromatic heterocycles. The van der Waals surface area contributed by atoms with Gasteiger partial charge in [-0.1, -0.05) is 12.8 Å². The van der Waals surface area contributed by atoms with Crippen molar-refractivity contribution in [3.63, 3.8) is 0 Å². The lowest BCUT2D eigenvalue weighted by molar-refractivity contribution is -0.126. The summed E-state index contributed by atoms with van der Waals surface area (Å²) in [6.07, 6.45) is 6.59. The van der Waals surface area contributed by atoms with Gasteiger partial charge in [-0.3, -0.25) is 0 Å². The van der Waals surface area contributed by atoms with Crippen LogP contribution in [-0.2, 0) is 11.2 Å². The van der Waals surface area contributed by atoms with Gasteiger partial charge in [0.15, 0.2) is 11.5 Å². The summed E-state index contributed by atoms with van der Waals surface area (Å²) in [6, 6.07) is 2.07. The molecule has 5 nitrogen and oxygen atoms in total. The molecular weight excluding hydrogens is 320 g/mol. The third-order valence-electron chi connectivity index (χ3n) is 6.87. The van der Waals surface area contributed by atoms with Crippen molar-refractivity contribution in [2.24, 2.45) is 5.41 Å². The molecule has 0 radical (unpaired) electrons. The third-order valence-corrected chi connectivity index (χ3v) is 6.87. The van der Waals surface area contributed by atoms with Crippen molar-refractivity contribution < 1.29 is 24.1 Å². The molecule has 1 saturated carbocycles. The van der Waals surface area contributed by atoms with E-state index in [-0.39, 0.29) is 23.5 Å². The zero-order valence-electron chi connectivity index (χ0n) is 15.4. The molecule has 2 fully saturated rings. The van der Waals surface area contributed by atoms with E-state index in [0.717, 1.165) is 37.9 Å². The number of aliphatic hydroxyl groups excluding tert-OH is 1. The van der Waals surface area contributed by atoms with E-state index in [0.29, 0.717) is 17.2 Å². The van der Waals surface area contributed by atoms with Gasteiger partial charge in [-0.15, -0.1) is 0 Å². The highest BCUT2D eigenvalue weighted by molar-refractivity contribution is 5.62. The Kier molecular flexibility index (Phi) is 4.12. The van der Waals surface area contributed by atoms with Crippen LogP contribution in [0.3, 0.4) is 0 Å². The molecule has 3 atom stereocenters. The Morgan fingerprint density at radius 1 is 1.08 bits per heavy atom. The zero-order valence-corrected chi connectivity index (χ0v) is 15.4. The zero-order chi connectivity index (χ0) is 17.7. The van der Waals surface area contributed by atoms with E-state index in [4.69, 9.17) is 18.9 Å². The molecule has 4 rings (SSSR count). The summed E-state index contributed by atoms with van der Waals surface area (Å²) >= 11 is 0. The maximum Gasteiger partial charge on any atom is 0.203 e. The first-order valence-corrected chi connectivity index (χ1v) is 9.23. The van der Waals surface area contributed by atoms with Crippen molar-refractivity contribution in [1.29, 1.82) is 0 Å². The van der Waals surface area contributed by atoms with Gasteiger partial charge < -0.3 is 24.1 Å². The quantitative estimate of drug-likeness (QED) is 0.906. The van der Waals surface area contributed by atoms with Crippen LogP contribution in [0.1, 0.15) is 49.1 Å². The van der Waals surface area contributed by atoms with Crippen LogP contribution in [-0.4, -0.2) is 45.3 Å². The van der Waals surface area contributed by atoms with Gasteiger partial charge in [0.25, 0.3) is 0 Å². The van der Waals surface area contributed by atoms with Crippen molar-refractivity contribution in [2.45, 2.75) is 50.0 Å². The minimum Gasteiger partial charge on any atom is -0.493 e. The molecule has 1 N–H and O–H groups in total. The largest absolute Gasteiger partial charge is 0.493 e. The van der Waals surface area contributed by atoms with E-state index >= 15 is 0 Å². The van der Waals surface area contributed by atoms with Crippen LogP contribution in [0.5, 0.6) is 17.2 Å². The van der Waals surface area contributed by atoms with Gasteiger partial charge in [-0.2, -0.15) is 0 Å². The number of hydrogen-bond donors (Lipinski definition) is 1. The molecule has 0 spiro atoms. The highest BCUT2D eigenvalue weighted by Crippen LogP contribution is 2.65. The fourth-order valence-electron chi connectivity index (χ4n) is 5.88. The molecule has 3 aliphatic rings. The second-order valence-corrected chi connectivity index (χ2v) is 7.61. The van der Waals surface area contributed by atoms with Crippen LogP contribution >= 0.6 is 0 Å². The van der Waals surface area contributed by atoms with Crippen LogP contribution in [0, 0.1) is 5.41 Å². The van der Waals surface area contributed by atoms with E-state index in [1.165, 1.54) is 18.4 Å². The molecular formula is C20H28O5. The van der Waals surface area contributed by atoms with Gasteiger partial charge in [0, 0.05) is 23.5 Å². The molecule has 0 bridgehead atoms. The van der Waals surface area contributed by atoms with Gasteiger partial charge in [-0.05, 0) is 37.3 Å². The first kappa shape index (κ1) is 17.0. The van der Waals surface area contributed by atoms with Gasteiger partial charge in [0.05, 0.1) is 33.5 Å². The van der Waals surface area contributed by atoms with Crippen molar-refractivity contribution in [3.05, 3.63) is 17.2 Å². The van der Waals surface area contributed by atoms with Crippen LogP contribution in [0.2, 0.25) is 0 Å². The normalized spacial score (nSPS) is 33.2. The highest BCUT2D eigenvalue weighted by Gasteiger charge is 2.64. The molecule has 1 saturated heterocycles. The highest BCUT2D eigenvalue weighted by atomic mass is 16.5. The minimum absolute atomic E-state index is 0.0561. The Bertz CT molecular complexity index is 673. The fraction of sp³-hybridized carbons (Fsp3) is 0.700. The Hall–Kier alpha value is -1.46. The second-order valence-electron chi connectivity index (χ2n) is 7.61. The van der Waals surface area contributed by atoms with Crippen molar-refractivity contribution >= 4 is 0 Å². The third kappa shape index (κ3) is 2.08. The van der Waals surface area contributed by atoms with Crippen molar-refractivity contribution in [3.8, 4) is 17.2 Å². The number of aliphatic hydroxyl groups is 1. The first-order chi connectivity index (χ1) is 12.2. The van der Waals surface area contributed by atoms with Gasteiger partial charge >= 0.3 is 0 Å². The average molecular weight is 348 g/mol. The molecule has 1 aromatic rings. The average Bonchev–Trinajstić information content (AvgIpc) is 3.03. The summed E-state index contributed by atoms with van der Waals surface area (Å²) < 4.78 is 23.3. The summed E-state index contributed by atoms with van der Waals surface area (Å²) in [5, 5.41) is 10.4. The number of fused-ring (bicyclic) bond motifs is 1. The Morgan fingerprint density at radius 3 is 2.52 bits per heavy atom. The van der Waals surface area contributed by atoms with Gasteiger partial charge in [0.2, 0.25) is 5.75 Å². The summed E-state index contributed by atoms with van der Waals surface area (Å²) in [4.78, 5) is 0. The Labute approximate surface area is 149 Å². The lowest BCUT2D eigenvalue weighted by atomic mass is 9.51. The second kappa shape index (κ2) is 6.06. The monoisotopic (exact) mass is 348 g/mol. The fourth-order valence-corrected chi connectivity index (χ4v) is 5.88. The smallest absolute Gasteiger partial charge is 0.203 e. The molecule has 138 valence electrons. The topological polar surface area (TPSA) is 57.2 Å². The van der Waals surface area contributed by atoms with E-state index < -0.39 is 0 Å². The van der Waals surface area contributed by atoms with Crippen molar-refractivity contribution in [1.82, 2.24) is 0 Å². The molecule has 5 heteroatoms. The summed E-state index contributed by atoms with van der Waals surface area (Å²) in [6.45, 7) is 0.835. The maximum atomic E-state index is 10.4. The number of methoxy groups -OCH3 is 3. The number of ether oxygens (including phenoxy) is 4. The molecule has 1 aliphatic heterocycles. The molecule has 0 unspecified atom stereocenters. The van der Waals surface area contributed by atoms with E-state index in [1.807, 2.05) is 0 Å². The molecule has 1 heterocycles. The maximum absolute atomic E-state index is 10.4. The predicted molar refractivity (Wildman–Crippen MR) is 93.8 cm³/mol. The lowest BCUT2D eigenvalue weighted by Gasteiger charge is -2.56. The van der Waals surface area contributed by atoms with Crippen LogP contribution < -0.4 is 14.2 Å². The van der Waals surface area contributed by atoms with E-state index in [2.05, 4.69) is 6.07 Å². The number of rotatable bonds is 4. The van der Waals surface area contributed by atoms with Crippen LogP contribution in [0.25, 0.3) is 0 Å². The molecule has 25 heavy (non-hydrogen) atoms. The van der Waals surface area contributed by atoms with Gasteiger partial charge in [-0.25, -0.2) is 0 Å². The van der Waals surface area contributed by atoms with Crippen molar-refractivity contribution in [2.75, 3.05) is 34.5 Å². The van der Waals surface area contributed by atoms with Crippen LogP contribution in [0.15, 0.2) is 6.07 Å². The minimum atomic E-state index is -0.278. The standard InChI is InChI=1S/C20H28O5/c1-22-15-10-13-11-19-6-4-5-7-20(19,25-9-8-19)14(12-21)16(13)18(24-3)17(15)23-2/h10,14,21H,4-9,11-12H2,1-3H3/t14-,19+,20-/m1/s1. The molecule has 0 amide bonds. The van der Waals surface area contributed by atoms with Crippen LogP contribution in [0.4, 0.5) is 0 Å². The predicted octanol–water partition coefficient (Wildman–Crippen LogP) is 3.06. The summed E-state index contributed by atoms with van der Waals surface area (Å²) in [7, 11) is 4.93. The van der Waals surface area contributed by atoms with E-state index in [1.54, 1.807) is 21.3 Å². The molecule has 1 aromatic carbocycles.